The molecule has 3 aromatic heterocycles. The number of rotatable bonds is 5. The molecular weight excluding hydrogens is 443 g/mol. The summed E-state index contributed by atoms with van der Waals surface area (Å²) in [4.78, 5) is 31.2. The highest BCUT2D eigenvalue weighted by atomic mass is 19.1. The van der Waals surface area contributed by atoms with Crippen LogP contribution in [-0.2, 0) is 9.53 Å². The Balaban J connectivity index is 1.30. The number of hydrogen-bond donors (Lipinski definition) is 3. The molecule has 1 amide bonds. The summed E-state index contributed by atoms with van der Waals surface area (Å²) >= 11 is 0. The molecule has 11 nitrogen and oxygen atoms in total. The molecule has 5 rings (SSSR count). The Morgan fingerprint density at radius 2 is 1.88 bits per heavy atom. The lowest BCUT2D eigenvalue weighted by Crippen LogP contribution is -2.46. The summed E-state index contributed by atoms with van der Waals surface area (Å²) in [6.07, 6.45) is 2.72. The van der Waals surface area contributed by atoms with Gasteiger partial charge in [-0.3, -0.25) is 4.79 Å². The first-order valence-electron chi connectivity index (χ1n) is 10.7. The van der Waals surface area contributed by atoms with Gasteiger partial charge in [0.1, 0.15) is 11.6 Å². The predicted octanol–water partition coefficient (Wildman–Crippen LogP) is 2.84. The second-order valence-corrected chi connectivity index (χ2v) is 8.25. The molecule has 3 aromatic rings. The third-order valence-electron chi connectivity index (χ3n) is 5.33. The van der Waals surface area contributed by atoms with E-state index in [1.165, 1.54) is 0 Å². The lowest BCUT2D eigenvalue weighted by molar-refractivity contribution is -0.129. The third-order valence-corrected chi connectivity index (χ3v) is 5.33. The number of nitrogens with one attached hydrogen (secondary N) is 3. The number of carbonyl (C=O) groups is 1. The van der Waals surface area contributed by atoms with E-state index in [2.05, 4.69) is 40.8 Å². The summed E-state index contributed by atoms with van der Waals surface area (Å²) in [6, 6.07) is 7.00. The molecule has 0 saturated carbocycles. The van der Waals surface area contributed by atoms with Gasteiger partial charge in [0.15, 0.2) is 28.8 Å². The first-order valence-corrected chi connectivity index (χ1v) is 10.7. The van der Waals surface area contributed by atoms with Crippen LogP contribution in [0.1, 0.15) is 13.8 Å². The zero-order valence-corrected chi connectivity index (χ0v) is 18.6. The molecule has 2 aliphatic rings. The molecule has 0 radical (unpaired) electrons. The minimum atomic E-state index is -1.00. The van der Waals surface area contributed by atoms with Gasteiger partial charge in [0, 0.05) is 13.1 Å². The number of pyridine rings is 2. The number of morpholine rings is 1. The predicted molar refractivity (Wildman–Crippen MR) is 123 cm³/mol. The van der Waals surface area contributed by atoms with E-state index < -0.39 is 11.4 Å². The Kier molecular flexibility index (Phi) is 5.57. The van der Waals surface area contributed by atoms with Crippen molar-refractivity contribution in [1.29, 1.82) is 0 Å². The fourth-order valence-electron chi connectivity index (χ4n) is 3.47. The zero-order chi connectivity index (χ0) is 23.7. The van der Waals surface area contributed by atoms with Crippen LogP contribution in [0.3, 0.4) is 0 Å². The van der Waals surface area contributed by atoms with Crippen LogP contribution < -0.4 is 25.6 Å². The van der Waals surface area contributed by atoms with Crippen LogP contribution in [-0.4, -0.2) is 57.7 Å². The number of nitrogens with zero attached hydrogens (tertiary/aromatic N) is 5. The van der Waals surface area contributed by atoms with Gasteiger partial charge in [-0.05, 0) is 38.1 Å². The van der Waals surface area contributed by atoms with Gasteiger partial charge in [0.25, 0.3) is 5.91 Å². The van der Waals surface area contributed by atoms with Gasteiger partial charge in [-0.15, -0.1) is 0 Å². The number of anilines is 6. The lowest BCUT2D eigenvalue weighted by Gasteiger charge is -2.30. The highest BCUT2D eigenvalue weighted by Crippen LogP contribution is 2.33. The molecule has 0 spiro atoms. The molecule has 5 heterocycles. The van der Waals surface area contributed by atoms with Gasteiger partial charge in [-0.1, -0.05) is 0 Å². The van der Waals surface area contributed by atoms with E-state index in [0.717, 1.165) is 25.1 Å². The highest BCUT2D eigenvalue weighted by Gasteiger charge is 2.36. The van der Waals surface area contributed by atoms with Crippen molar-refractivity contribution in [2.24, 2.45) is 0 Å². The summed E-state index contributed by atoms with van der Waals surface area (Å²) in [5, 5.41) is 8.53. The summed E-state index contributed by atoms with van der Waals surface area (Å²) in [7, 11) is 0. The van der Waals surface area contributed by atoms with Gasteiger partial charge in [0.05, 0.1) is 31.3 Å². The minimum Gasteiger partial charge on any atom is -0.474 e. The van der Waals surface area contributed by atoms with Crippen LogP contribution in [0.2, 0.25) is 0 Å². The largest absolute Gasteiger partial charge is 0.474 e. The Bertz CT molecular complexity index is 1220. The molecule has 1 saturated heterocycles. The topological polar surface area (TPSA) is 126 Å². The summed E-state index contributed by atoms with van der Waals surface area (Å²) in [5.74, 6) is 0.927. The van der Waals surface area contributed by atoms with Crippen molar-refractivity contribution >= 4 is 40.8 Å². The second-order valence-electron chi connectivity index (χ2n) is 8.25. The average molecular weight is 466 g/mol. The highest BCUT2D eigenvalue weighted by molar-refractivity contribution is 5.99. The van der Waals surface area contributed by atoms with Crippen molar-refractivity contribution in [2.75, 3.05) is 47.2 Å². The standard InChI is InChI=1S/C22H23FN8O3/c1-22(2)20(32)29-19-15(34-22)4-5-16(28-19)27-18-14(23)12-25-21(30-18)26-13-3-6-17(24-11-13)31-7-9-33-10-8-31/h3-6,11-12H,7-10H2,1-2H3,(H3,25,26,27,28,29,30,32). The molecule has 3 N–H and O–H groups in total. The number of fused-ring (bicyclic) bond motifs is 1. The number of ether oxygens (including phenoxy) is 2. The smallest absolute Gasteiger partial charge is 0.269 e. The molecule has 1 fully saturated rings. The summed E-state index contributed by atoms with van der Waals surface area (Å²) in [5.41, 5.74) is -0.345. The Hall–Kier alpha value is -4.06. The van der Waals surface area contributed by atoms with E-state index in [1.54, 1.807) is 32.2 Å². The molecule has 0 aromatic carbocycles. The fourth-order valence-corrected chi connectivity index (χ4v) is 3.47. The molecular formula is C22H23FN8O3. The van der Waals surface area contributed by atoms with Crippen LogP contribution in [0.15, 0.2) is 36.7 Å². The van der Waals surface area contributed by atoms with Gasteiger partial charge in [0.2, 0.25) is 5.95 Å². The van der Waals surface area contributed by atoms with E-state index in [-0.39, 0.29) is 29.3 Å². The van der Waals surface area contributed by atoms with Gasteiger partial charge >= 0.3 is 0 Å². The molecule has 2 aliphatic heterocycles. The molecule has 0 aliphatic carbocycles. The van der Waals surface area contributed by atoms with Crippen LogP contribution in [0, 0.1) is 5.82 Å². The van der Waals surface area contributed by atoms with Crippen molar-refractivity contribution in [3.63, 3.8) is 0 Å². The number of hydrogen-bond acceptors (Lipinski definition) is 10. The number of amides is 1. The van der Waals surface area contributed by atoms with Crippen LogP contribution >= 0.6 is 0 Å². The maximum Gasteiger partial charge on any atom is 0.269 e. The Morgan fingerprint density at radius 1 is 1.06 bits per heavy atom. The minimum absolute atomic E-state index is 0.0776. The maximum absolute atomic E-state index is 14.4. The Morgan fingerprint density at radius 3 is 2.65 bits per heavy atom. The summed E-state index contributed by atoms with van der Waals surface area (Å²) in [6.45, 7) is 6.26. The van der Waals surface area contributed by atoms with E-state index in [9.17, 15) is 9.18 Å². The first-order chi connectivity index (χ1) is 16.4. The normalized spacial score (nSPS) is 16.8. The monoisotopic (exact) mass is 466 g/mol. The lowest BCUT2D eigenvalue weighted by atomic mass is 10.1. The van der Waals surface area contributed by atoms with E-state index >= 15 is 0 Å². The van der Waals surface area contributed by atoms with Crippen molar-refractivity contribution in [3.8, 4) is 5.75 Å². The van der Waals surface area contributed by atoms with E-state index in [0.29, 0.717) is 24.7 Å². The van der Waals surface area contributed by atoms with Crippen LogP contribution in [0.5, 0.6) is 5.75 Å². The second kappa shape index (κ2) is 8.71. The summed E-state index contributed by atoms with van der Waals surface area (Å²) < 4.78 is 25.4. The van der Waals surface area contributed by atoms with Crippen molar-refractivity contribution < 1.29 is 18.7 Å². The maximum atomic E-state index is 14.4. The quantitative estimate of drug-likeness (QED) is 0.517. The molecule has 0 unspecified atom stereocenters. The number of halogens is 1. The third kappa shape index (κ3) is 4.53. The Labute approximate surface area is 194 Å². The van der Waals surface area contributed by atoms with Gasteiger partial charge < -0.3 is 30.3 Å². The molecule has 34 heavy (non-hydrogen) atoms. The molecule has 0 bridgehead atoms. The van der Waals surface area contributed by atoms with Gasteiger partial charge in [-0.2, -0.15) is 4.98 Å². The van der Waals surface area contributed by atoms with Crippen molar-refractivity contribution in [2.45, 2.75) is 19.4 Å². The van der Waals surface area contributed by atoms with E-state index in [4.69, 9.17) is 9.47 Å². The fraction of sp³-hybridized carbons (Fsp3) is 0.318. The molecule has 12 heteroatoms. The number of carbonyl (C=O) groups excluding carboxylic acids is 1. The van der Waals surface area contributed by atoms with Crippen LogP contribution in [0.4, 0.5) is 39.3 Å². The van der Waals surface area contributed by atoms with E-state index in [1.807, 2.05) is 12.1 Å². The zero-order valence-electron chi connectivity index (χ0n) is 18.6. The van der Waals surface area contributed by atoms with Gasteiger partial charge in [-0.25, -0.2) is 19.3 Å². The van der Waals surface area contributed by atoms with Crippen molar-refractivity contribution in [1.82, 2.24) is 19.9 Å². The average Bonchev–Trinajstić information content (AvgIpc) is 2.83. The van der Waals surface area contributed by atoms with Crippen molar-refractivity contribution in [3.05, 3.63) is 42.5 Å². The first kappa shape index (κ1) is 21.8. The molecule has 0 atom stereocenters. The SMILES string of the molecule is CC1(C)Oc2ccc(Nc3nc(Nc4ccc(N5CCOCC5)nc4)ncc3F)nc2NC1=O. The number of aromatic nitrogens is 4. The van der Waals surface area contributed by atoms with Crippen LogP contribution in [0.25, 0.3) is 0 Å². The molecule has 176 valence electrons.